The molecule has 0 unspecified atom stereocenters. The average Bonchev–Trinajstić information content (AvgIpc) is 2.72. The van der Waals surface area contributed by atoms with Gasteiger partial charge in [0.1, 0.15) is 0 Å². The SMILES string of the molecule is C=CCN(C(=O)Nc1cc2ccncc2c2ncccc12)c1ccccc1. The van der Waals surface area contributed by atoms with Crippen LogP contribution in [0, 0.1) is 0 Å². The number of benzene rings is 2. The van der Waals surface area contributed by atoms with Crippen LogP contribution in [0.1, 0.15) is 0 Å². The van der Waals surface area contributed by atoms with Gasteiger partial charge in [-0.25, -0.2) is 4.79 Å². The lowest BCUT2D eigenvalue weighted by atomic mass is 10.1. The fourth-order valence-corrected chi connectivity index (χ4v) is 3.13. The molecule has 0 fully saturated rings. The number of pyridine rings is 2. The van der Waals surface area contributed by atoms with Crippen LogP contribution in [-0.2, 0) is 0 Å². The zero-order valence-corrected chi connectivity index (χ0v) is 14.7. The van der Waals surface area contributed by atoms with E-state index in [1.54, 1.807) is 29.6 Å². The van der Waals surface area contributed by atoms with Crippen LogP contribution in [0.2, 0.25) is 0 Å². The first kappa shape index (κ1) is 16.7. The number of amides is 2. The first-order chi connectivity index (χ1) is 13.3. The molecule has 0 saturated carbocycles. The fraction of sp³-hybridized carbons (Fsp3) is 0.0455. The summed E-state index contributed by atoms with van der Waals surface area (Å²) in [6.45, 7) is 4.17. The summed E-state index contributed by atoms with van der Waals surface area (Å²) in [7, 11) is 0. The first-order valence-corrected chi connectivity index (χ1v) is 8.64. The Morgan fingerprint density at radius 1 is 1.07 bits per heavy atom. The molecule has 0 saturated heterocycles. The normalized spacial score (nSPS) is 10.7. The highest BCUT2D eigenvalue weighted by Gasteiger charge is 2.16. The highest BCUT2D eigenvalue weighted by atomic mass is 16.2. The van der Waals surface area contributed by atoms with Crippen LogP contribution in [0.5, 0.6) is 0 Å². The number of nitrogens with zero attached hydrogens (tertiary/aromatic N) is 3. The van der Waals surface area contributed by atoms with Crippen molar-refractivity contribution in [3.63, 3.8) is 0 Å². The Kier molecular flexibility index (Phi) is 4.49. The van der Waals surface area contributed by atoms with Crippen molar-refractivity contribution < 1.29 is 4.79 Å². The van der Waals surface area contributed by atoms with E-state index in [2.05, 4.69) is 21.9 Å². The molecule has 5 heteroatoms. The van der Waals surface area contributed by atoms with Crippen molar-refractivity contribution >= 4 is 39.1 Å². The van der Waals surface area contributed by atoms with E-state index in [4.69, 9.17) is 0 Å². The zero-order valence-electron chi connectivity index (χ0n) is 14.7. The van der Waals surface area contributed by atoms with Crippen molar-refractivity contribution in [3.05, 3.63) is 85.8 Å². The predicted molar refractivity (Wildman–Crippen MR) is 110 cm³/mol. The van der Waals surface area contributed by atoms with Gasteiger partial charge in [-0.05, 0) is 41.8 Å². The summed E-state index contributed by atoms with van der Waals surface area (Å²) < 4.78 is 0. The van der Waals surface area contributed by atoms with E-state index in [-0.39, 0.29) is 6.03 Å². The molecule has 2 aromatic heterocycles. The van der Waals surface area contributed by atoms with Gasteiger partial charge in [0.25, 0.3) is 0 Å². The molecular weight excluding hydrogens is 336 g/mol. The van der Waals surface area contributed by atoms with Gasteiger partial charge >= 0.3 is 6.03 Å². The summed E-state index contributed by atoms with van der Waals surface area (Å²) in [6.07, 6.45) is 6.98. The van der Waals surface area contributed by atoms with Crippen molar-refractivity contribution in [3.8, 4) is 0 Å². The number of nitrogens with one attached hydrogen (secondary N) is 1. The van der Waals surface area contributed by atoms with Crippen molar-refractivity contribution in [2.45, 2.75) is 0 Å². The molecule has 5 nitrogen and oxygen atoms in total. The van der Waals surface area contributed by atoms with E-state index in [0.717, 1.165) is 27.4 Å². The average molecular weight is 354 g/mol. The van der Waals surface area contributed by atoms with Crippen molar-refractivity contribution in [1.82, 2.24) is 9.97 Å². The maximum atomic E-state index is 13.0. The second-order valence-corrected chi connectivity index (χ2v) is 6.09. The largest absolute Gasteiger partial charge is 0.326 e. The molecule has 0 bridgehead atoms. The molecule has 1 N–H and O–H groups in total. The second kappa shape index (κ2) is 7.25. The molecule has 4 rings (SSSR count). The number of para-hydroxylation sites is 1. The molecule has 0 aliphatic heterocycles. The van der Waals surface area contributed by atoms with Crippen LogP contribution in [0.3, 0.4) is 0 Å². The standard InChI is InChI=1S/C22H18N4O/c1-2-13-26(17-7-4-3-5-8-17)22(27)25-20-14-16-10-12-23-15-19(16)21-18(20)9-6-11-24-21/h2-12,14-15H,1,13H2,(H,25,27). The minimum atomic E-state index is -0.223. The molecule has 27 heavy (non-hydrogen) atoms. The van der Waals surface area contributed by atoms with Crippen molar-refractivity contribution in [2.75, 3.05) is 16.8 Å². The topological polar surface area (TPSA) is 58.1 Å². The Labute approximate surface area is 157 Å². The number of carbonyl (C=O) groups is 1. The van der Waals surface area contributed by atoms with E-state index in [9.17, 15) is 4.79 Å². The van der Waals surface area contributed by atoms with Crippen LogP contribution in [0.4, 0.5) is 16.2 Å². The summed E-state index contributed by atoms with van der Waals surface area (Å²) >= 11 is 0. The number of carbonyl (C=O) groups excluding carboxylic acids is 1. The number of urea groups is 1. The van der Waals surface area contributed by atoms with Crippen molar-refractivity contribution in [2.24, 2.45) is 0 Å². The molecule has 2 heterocycles. The fourth-order valence-electron chi connectivity index (χ4n) is 3.13. The van der Waals surface area contributed by atoms with E-state index < -0.39 is 0 Å². The van der Waals surface area contributed by atoms with Crippen molar-refractivity contribution in [1.29, 1.82) is 0 Å². The number of hydrogen-bond donors (Lipinski definition) is 1. The van der Waals surface area contributed by atoms with Gasteiger partial charge < -0.3 is 5.32 Å². The molecule has 0 radical (unpaired) electrons. The van der Waals surface area contributed by atoms with Gasteiger partial charge in [-0.2, -0.15) is 0 Å². The molecule has 0 aliphatic rings. The summed E-state index contributed by atoms with van der Waals surface area (Å²) in [5.41, 5.74) is 2.34. The van der Waals surface area contributed by atoms with E-state index >= 15 is 0 Å². The molecule has 2 aromatic carbocycles. The molecule has 0 atom stereocenters. The van der Waals surface area contributed by atoms with E-state index in [1.807, 2.05) is 54.6 Å². The van der Waals surface area contributed by atoms with Gasteiger partial charge in [-0.15, -0.1) is 6.58 Å². The number of anilines is 2. The molecule has 132 valence electrons. The minimum absolute atomic E-state index is 0.223. The summed E-state index contributed by atoms with van der Waals surface area (Å²) in [6, 6.07) is 17.0. The Hall–Kier alpha value is -3.73. The third-order valence-electron chi connectivity index (χ3n) is 4.37. The lowest BCUT2D eigenvalue weighted by Crippen LogP contribution is -2.35. The number of hydrogen-bond acceptors (Lipinski definition) is 3. The van der Waals surface area contributed by atoms with Crippen LogP contribution in [-0.4, -0.2) is 22.5 Å². The maximum absolute atomic E-state index is 13.0. The highest BCUT2D eigenvalue weighted by Crippen LogP contribution is 2.30. The molecule has 0 spiro atoms. The molecule has 4 aromatic rings. The number of aromatic nitrogens is 2. The monoisotopic (exact) mass is 354 g/mol. The Balaban J connectivity index is 1.77. The molecule has 0 aliphatic carbocycles. The first-order valence-electron chi connectivity index (χ1n) is 8.64. The number of fused-ring (bicyclic) bond motifs is 3. The van der Waals surface area contributed by atoms with Gasteiger partial charge in [0.2, 0.25) is 0 Å². The van der Waals surface area contributed by atoms with Gasteiger partial charge in [0, 0.05) is 41.6 Å². The Bertz CT molecular complexity index is 1120. The Morgan fingerprint density at radius 3 is 2.74 bits per heavy atom. The Morgan fingerprint density at radius 2 is 1.93 bits per heavy atom. The third kappa shape index (κ3) is 3.22. The lowest BCUT2D eigenvalue weighted by molar-refractivity contribution is 0.257. The van der Waals surface area contributed by atoms with Gasteiger partial charge in [-0.3, -0.25) is 14.9 Å². The minimum Gasteiger partial charge on any atom is -0.307 e. The summed E-state index contributed by atoms with van der Waals surface area (Å²) in [5, 5.41) is 5.84. The van der Waals surface area contributed by atoms with Crippen LogP contribution < -0.4 is 10.2 Å². The van der Waals surface area contributed by atoms with Gasteiger partial charge in [-0.1, -0.05) is 24.3 Å². The summed E-state index contributed by atoms with van der Waals surface area (Å²) in [4.78, 5) is 23.4. The summed E-state index contributed by atoms with van der Waals surface area (Å²) in [5.74, 6) is 0. The van der Waals surface area contributed by atoms with E-state index in [1.165, 1.54) is 0 Å². The van der Waals surface area contributed by atoms with Crippen LogP contribution >= 0.6 is 0 Å². The predicted octanol–water partition coefficient (Wildman–Crippen LogP) is 5.01. The third-order valence-corrected chi connectivity index (χ3v) is 4.37. The molecular formula is C22H18N4O. The number of rotatable bonds is 4. The van der Waals surface area contributed by atoms with Crippen LogP contribution in [0.25, 0.3) is 21.7 Å². The van der Waals surface area contributed by atoms with Gasteiger partial charge in [0.05, 0.1) is 11.2 Å². The highest BCUT2D eigenvalue weighted by molar-refractivity contribution is 6.14. The quantitative estimate of drug-likeness (QED) is 0.414. The van der Waals surface area contributed by atoms with Gasteiger partial charge in [0.15, 0.2) is 0 Å². The van der Waals surface area contributed by atoms with Crippen LogP contribution in [0.15, 0.2) is 85.8 Å². The second-order valence-electron chi connectivity index (χ2n) is 6.09. The zero-order chi connectivity index (χ0) is 18.6. The molecule has 2 amide bonds. The smallest absolute Gasteiger partial charge is 0.307 e. The lowest BCUT2D eigenvalue weighted by Gasteiger charge is -2.22. The van der Waals surface area contributed by atoms with E-state index in [0.29, 0.717) is 12.2 Å². The maximum Gasteiger partial charge on any atom is 0.326 e.